The van der Waals surface area contributed by atoms with Gasteiger partial charge in [-0.3, -0.25) is 14.6 Å². The molecule has 4 rings (SSSR count). The average molecular weight is 386 g/mol. The SMILES string of the molecule is Cc1cc(C(=O)NCC2CC(=O)N(C3CCCC3)C2)c2cccc(Cl)c2n1. The summed E-state index contributed by atoms with van der Waals surface area (Å²) >= 11 is 6.24. The van der Waals surface area contributed by atoms with Gasteiger partial charge in [0.1, 0.15) is 0 Å². The lowest BCUT2D eigenvalue weighted by molar-refractivity contribution is -0.129. The number of carbonyl (C=O) groups is 2. The molecule has 1 aliphatic carbocycles. The van der Waals surface area contributed by atoms with Crippen LogP contribution in [0, 0.1) is 12.8 Å². The van der Waals surface area contributed by atoms with Gasteiger partial charge in [-0.15, -0.1) is 0 Å². The van der Waals surface area contributed by atoms with Crippen molar-refractivity contribution in [1.82, 2.24) is 15.2 Å². The van der Waals surface area contributed by atoms with Crippen LogP contribution in [-0.4, -0.2) is 40.8 Å². The Morgan fingerprint density at radius 2 is 2.11 bits per heavy atom. The van der Waals surface area contributed by atoms with Crippen molar-refractivity contribution in [3.63, 3.8) is 0 Å². The molecule has 0 spiro atoms. The number of nitrogens with one attached hydrogen (secondary N) is 1. The molecular weight excluding hydrogens is 362 g/mol. The number of para-hydroxylation sites is 1. The van der Waals surface area contributed by atoms with E-state index in [0.29, 0.717) is 35.1 Å². The van der Waals surface area contributed by atoms with Crippen LogP contribution in [0.4, 0.5) is 0 Å². The third-order valence-electron chi connectivity index (χ3n) is 5.72. The molecule has 2 fully saturated rings. The minimum atomic E-state index is -0.139. The minimum absolute atomic E-state index is 0.139. The van der Waals surface area contributed by atoms with E-state index in [1.54, 1.807) is 12.1 Å². The molecule has 1 N–H and O–H groups in total. The Kier molecular flexibility index (Phi) is 5.04. The zero-order chi connectivity index (χ0) is 19.0. The standard InChI is InChI=1S/C21H24ClN3O2/c1-13-9-17(16-7-4-8-18(22)20(16)24-13)21(27)23-11-14-10-19(26)25(12-14)15-5-2-3-6-15/h4,7-9,14-15H,2-3,5-6,10-12H2,1H3,(H,23,27). The lowest BCUT2D eigenvalue weighted by Gasteiger charge is -2.24. The molecule has 2 heterocycles. The van der Waals surface area contributed by atoms with Crippen LogP contribution >= 0.6 is 11.6 Å². The number of benzene rings is 1. The van der Waals surface area contributed by atoms with Crippen molar-refractivity contribution in [2.75, 3.05) is 13.1 Å². The summed E-state index contributed by atoms with van der Waals surface area (Å²) in [5, 5.41) is 4.31. The summed E-state index contributed by atoms with van der Waals surface area (Å²) in [4.78, 5) is 31.6. The van der Waals surface area contributed by atoms with E-state index in [9.17, 15) is 9.59 Å². The van der Waals surface area contributed by atoms with E-state index in [1.165, 1.54) is 12.8 Å². The first kappa shape index (κ1) is 18.2. The molecule has 1 saturated heterocycles. The monoisotopic (exact) mass is 385 g/mol. The summed E-state index contributed by atoms with van der Waals surface area (Å²) in [5.41, 5.74) is 1.98. The van der Waals surface area contributed by atoms with Gasteiger partial charge in [-0.25, -0.2) is 0 Å². The Morgan fingerprint density at radius 3 is 2.89 bits per heavy atom. The van der Waals surface area contributed by atoms with Crippen LogP contribution in [-0.2, 0) is 4.79 Å². The number of hydrogen-bond donors (Lipinski definition) is 1. The van der Waals surface area contributed by atoms with Crippen LogP contribution in [0.15, 0.2) is 24.3 Å². The molecule has 0 bridgehead atoms. The van der Waals surface area contributed by atoms with Gasteiger partial charge in [0.25, 0.3) is 5.91 Å². The smallest absolute Gasteiger partial charge is 0.252 e. The van der Waals surface area contributed by atoms with Crippen LogP contribution in [0.2, 0.25) is 5.02 Å². The van der Waals surface area contributed by atoms with Gasteiger partial charge in [-0.1, -0.05) is 36.6 Å². The number of hydrogen-bond acceptors (Lipinski definition) is 3. The average Bonchev–Trinajstić information content (AvgIpc) is 3.29. The van der Waals surface area contributed by atoms with Crippen LogP contribution in [0.1, 0.15) is 48.2 Å². The fraction of sp³-hybridized carbons (Fsp3) is 0.476. The third-order valence-corrected chi connectivity index (χ3v) is 6.02. The zero-order valence-corrected chi connectivity index (χ0v) is 16.3. The van der Waals surface area contributed by atoms with E-state index in [0.717, 1.165) is 30.5 Å². The van der Waals surface area contributed by atoms with Crippen molar-refractivity contribution >= 4 is 34.3 Å². The Morgan fingerprint density at radius 1 is 1.33 bits per heavy atom. The number of halogens is 1. The number of aromatic nitrogens is 1. The van der Waals surface area contributed by atoms with Gasteiger partial charge in [-0.2, -0.15) is 0 Å². The van der Waals surface area contributed by atoms with Crippen LogP contribution in [0.5, 0.6) is 0 Å². The maximum absolute atomic E-state index is 12.8. The van der Waals surface area contributed by atoms with Gasteiger partial charge < -0.3 is 10.2 Å². The highest BCUT2D eigenvalue weighted by molar-refractivity contribution is 6.35. The van der Waals surface area contributed by atoms with E-state index < -0.39 is 0 Å². The fourth-order valence-corrected chi connectivity index (χ4v) is 4.59. The van der Waals surface area contributed by atoms with Gasteiger partial charge in [0, 0.05) is 42.6 Å². The second kappa shape index (κ2) is 7.47. The van der Waals surface area contributed by atoms with Crippen molar-refractivity contribution in [3.05, 3.63) is 40.5 Å². The molecule has 1 saturated carbocycles. The number of amides is 2. The summed E-state index contributed by atoms with van der Waals surface area (Å²) in [6.07, 6.45) is 5.19. The van der Waals surface area contributed by atoms with Crippen LogP contribution in [0.3, 0.4) is 0 Å². The van der Waals surface area contributed by atoms with Crippen molar-refractivity contribution in [2.45, 2.75) is 45.1 Å². The van der Waals surface area contributed by atoms with Crippen molar-refractivity contribution in [1.29, 1.82) is 0 Å². The maximum Gasteiger partial charge on any atom is 0.252 e. The first-order valence-electron chi connectivity index (χ1n) is 9.66. The highest BCUT2D eigenvalue weighted by Crippen LogP contribution is 2.29. The molecule has 5 nitrogen and oxygen atoms in total. The molecule has 1 unspecified atom stereocenters. The van der Waals surface area contributed by atoms with Gasteiger partial charge in [0.2, 0.25) is 5.91 Å². The topological polar surface area (TPSA) is 62.3 Å². The summed E-state index contributed by atoms with van der Waals surface area (Å²) in [5.74, 6) is 0.275. The van der Waals surface area contributed by atoms with Gasteiger partial charge in [0.05, 0.1) is 16.1 Å². The minimum Gasteiger partial charge on any atom is -0.352 e. The van der Waals surface area contributed by atoms with Crippen LogP contribution in [0.25, 0.3) is 10.9 Å². The Hall–Kier alpha value is -2.14. The van der Waals surface area contributed by atoms with Crippen molar-refractivity contribution in [2.24, 2.45) is 5.92 Å². The summed E-state index contributed by atoms with van der Waals surface area (Å²) in [7, 11) is 0. The molecule has 1 aliphatic heterocycles. The molecule has 1 atom stereocenters. The van der Waals surface area contributed by atoms with Gasteiger partial charge >= 0.3 is 0 Å². The predicted molar refractivity (Wildman–Crippen MR) is 106 cm³/mol. The molecule has 0 radical (unpaired) electrons. The molecule has 2 amide bonds. The molecule has 27 heavy (non-hydrogen) atoms. The molecule has 2 aromatic rings. The lowest BCUT2D eigenvalue weighted by atomic mass is 10.1. The molecule has 142 valence electrons. The van der Waals surface area contributed by atoms with E-state index in [1.807, 2.05) is 24.0 Å². The summed E-state index contributed by atoms with van der Waals surface area (Å²) in [6, 6.07) is 7.67. The van der Waals surface area contributed by atoms with E-state index in [2.05, 4.69) is 10.3 Å². The second-order valence-electron chi connectivity index (χ2n) is 7.71. The quantitative estimate of drug-likeness (QED) is 0.872. The first-order chi connectivity index (χ1) is 13.0. The predicted octanol–water partition coefficient (Wildman–Crippen LogP) is 3.72. The fourth-order valence-electron chi connectivity index (χ4n) is 4.38. The number of aryl methyl sites for hydroxylation is 1. The number of carbonyl (C=O) groups excluding carboxylic acids is 2. The number of fused-ring (bicyclic) bond motifs is 1. The van der Waals surface area contributed by atoms with E-state index in [4.69, 9.17) is 11.6 Å². The van der Waals surface area contributed by atoms with E-state index in [-0.39, 0.29) is 17.7 Å². The van der Waals surface area contributed by atoms with Crippen molar-refractivity contribution in [3.8, 4) is 0 Å². The van der Waals surface area contributed by atoms with Gasteiger partial charge in [0.15, 0.2) is 0 Å². The highest BCUT2D eigenvalue weighted by atomic mass is 35.5. The maximum atomic E-state index is 12.8. The summed E-state index contributed by atoms with van der Waals surface area (Å²) in [6.45, 7) is 3.12. The molecule has 2 aliphatic rings. The molecule has 6 heteroatoms. The second-order valence-corrected chi connectivity index (χ2v) is 8.12. The van der Waals surface area contributed by atoms with Crippen molar-refractivity contribution < 1.29 is 9.59 Å². The first-order valence-corrected chi connectivity index (χ1v) is 10.0. The largest absolute Gasteiger partial charge is 0.352 e. The lowest BCUT2D eigenvalue weighted by Crippen LogP contribution is -2.36. The Bertz CT molecular complexity index is 892. The highest BCUT2D eigenvalue weighted by Gasteiger charge is 2.35. The zero-order valence-electron chi connectivity index (χ0n) is 15.5. The normalized spacial score (nSPS) is 20.6. The summed E-state index contributed by atoms with van der Waals surface area (Å²) < 4.78 is 0. The van der Waals surface area contributed by atoms with Gasteiger partial charge in [-0.05, 0) is 31.9 Å². The number of nitrogens with zero attached hydrogens (tertiary/aromatic N) is 2. The Balaban J connectivity index is 1.45. The van der Waals surface area contributed by atoms with Crippen LogP contribution < -0.4 is 5.32 Å². The number of pyridine rings is 1. The molecular formula is C21H24ClN3O2. The number of rotatable bonds is 4. The Labute approximate surface area is 164 Å². The third kappa shape index (κ3) is 3.65. The number of likely N-dealkylation sites (tertiary alicyclic amines) is 1. The molecule has 1 aromatic heterocycles. The van der Waals surface area contributed by atoms with E-state index >= 15 is 0 Å². The molecule has 1 aromatic carbocycles.